The second-order valence-corrected chi connectivity index (χ2v) is 4.05. The zero-order valence-corrected chi connectivity index (χ0v) is 9.71. The maximum absolute atomic E-state index is 13.0. The third-order valence-corrected chi connectivity index (χ3v) is 2.62. The Kier molecular flexibility index (Phi) is 3.79. The van der Waals surface area contributed by atoms with Gasteiger partial charge in [-0.05, 0) is 18.1 Å². The summed E-state index contributed by atoms with van der Waals surface area (Å²) in [7, 11) is 0. The van der Waals surface area contributed by atoms with Gasteiger partial charge in [0, 0.05) is 11.8 Å². The third kappa shape index (κ3) is 2.99. The van der Waals surface area contributed by atoms with Crippen LogP contribution in [0.2, 0.25) is 0 Å². The van der Waals surface area contributed by atoms with E-state index in [0.29, 0.717) is 6.42 Å². The van der Waals surface area contributed by atoms with Crippen molar-refractivity contribution in [3.63, 3.8) is 0 Å². The van der Waals surface area contributed by atoms with Crippen molar-refractivity contribution >= 4 is 5.78 Å². The first-order valence-electron chi connectivity index (χ1n) is 5.61. The number of nitrogens with zero attached hydrogens (tertiary/aromatic N) is 1. The van der Waals surface area contributed by atoms with E-state index in [1.807, 2.05) is 30.3 Å². The van der Waals surface area contributed by atoms with Crippen LogP contribution in [0.1, 0.15) is 15.9 Å². The minimum absolute atomic E-state index is 0.207. The van der Waals surface area contributed by atoms with Crippen molar-refractivity contribution in [2.24, 2.45) is 5.73 Å². The molecule has 92 valence electrons. The number of hydrogen-bond donors (Lipinski definition) is 1. The number of Topliss-reactive ketones (excluding diaryl/α,β-unsaturated/α-hetero) is 1. The van der Waals surface area contributed by atoms with Crippen LogP contribution in [0.3, 0.4) is 0 Å². The number of ketones is 1. The molecule has 2 aromatic rings. The van der Waals surface area contributed by atoms with Crippen LogP contribution in [-0.4, -0.2) is 16.8 Å². The molecule has 0 saturated heterocycles. The highest BCUT2D eigenvalue weighted by Gasteiger charge is 2.16. The van der Waals surface area contributed by atoms with Crippen molar-refractivity contribution in [3.8, 4) is 0 Å². The maximum atomic E-state index is 13.0. The molecule has 1 heterocycles. The molecular formula is C14H13FN2O. The number of nitrogens with two attached hydrogens (primary N) is 1. The van der Waals surface area contributed by atoms with Crippen molar-refractivity contribution in [1.29, 1.82) is 0 Å². The van der Waals surface area contributed by atoms with Gasteiger partial charge >= 0.3 is 0 Å². The van der Waals surface area contributed by atoms with Gasteiger partial charge in [0.1, 0.15) is 5.82 Å². The maximum Gasteiger partial charge on any atom is 0.181 e. The number of hydrogen-bond acceptors (Lipinski definition) is 3. The van der Waals surface area contributed by atoms with Crippen molar-refractivity contribution in [2.45, 2.75) is 12.5 Å². The van der Waals surface area contributed by atoms with E-state index in [9.17, 15) is 9.18 Å². The lowest BCUT2D eigenvalue weighted by atomic mass is 9.99. The summed E-state index contributed by atoms with van der Waals surface area (Å²) in [6.07, 6.45) is 2.81. The zero-order valence-electron chi connectivity index (χ0n) is 9.71. The Hall–Kier alpha value is -2.07. The van der Waals surface area contributed by atoms with E-state index in [1.165, 1.54) is 6.20 Å². The molecule has 1 aromatic carbocycles. The zero-order chi connectivity index (χ0) is 13.0. The number of carbonyl (C=O) groups excluding carboxylic acids is 1. The van der Waals surface area contributed by atoms with Crippen LogP contribution in [0.5, 0.6) is 0 Å². The molecule has 1 unspecified atom stereocenters. The molecule has 0 bridgehead atoms. The number of carbonyl (C=O) groups is 1. The molecule has 0 aliphatic carbocycles. The summed E-state index contributed by atoms with van der Waals surface area (Å²) in [5.41, 5.74) is 7.01. The molecule has 0 radical (unpaired) electrons. The second-order valence-electron chi connectivity index (χ2n) is 4.05. The van der Waals surface area contributed by atoms with Crippen LogP contribution in [0.4, 0.5) is 4.39 Å². The van der Waals surface area contributed by atoms with E-state index >= 15 is 0 Å². The predicted molar refractivity (Wildman–Crippen MR) is 66.6 cm³/mol. The SMILES string of the molecule is NC(Cc1ccccc1)C(=O)c1cncc(F)c1. The van der Waals surface area contributed by atoms with Crippen LogP contribution in [0.15, 0.2) is 48.8 Å². The normalized spacial score (nSPS) is 12.1. The monoisotopic (exact) mass is 244 g/mol. The topological polar surface area (TPSA) is 56.0 Å². The number of aromatic nitrogens is 1. The minimum Gasteiger partial charge on any atom is -0.321 e. The van der Waals surface area contributed by atoms with Crippen LogP contribution < -0.4 is 5.73 Å². The molecule has 0 spiro atoms. The minimum atomic E-state index is -0.684. The summed E-state index contributed by atoms with van der Waals surface area (Å²) in [5.74, 6) is -0.835. The van der Waals surface area contributed by atoms with Gasteiger partial charge in [0.25, 0.3) is 0 Å². The van der Waals surface area contributed by atoms with Crippen LogP contribution >= 0.6 is 0 Å². The van der Waals surface area contributed by atoms with Gasteiger partial charge in [0.2, 0.25) is 0 Å². The fourth-order valence-electron chi connectivity index (χ4n) is 1.72. The molecule has 2 rings (SSSR count). The van der Waals surface area contributed by atoms with Gasteiger partial charge in [-0.2, -0.15) is 0 Å². The summed E-state index contributed by atoms with van der Waals surface area (Å²) in [6.45, 7) is 0. The van der Waals surface area contributed by atoms with Crippen molar-refractivity contribution < 1.29 is 9.18 Å². The Morgan fingerprint density at radius 2 is 2.00 bits per heavy atom. The molecular weight excluding hydrogens is 231 g/mol. The van der Waals surface area contributed by atoms with Crippen LogP contribution in [0.25, 0.3) is 0 Å². The lowest BCUT2D eigenvalue weighted by molar-refractivity contribution is 0.0960. The Morgan fingerprint density at radius 1 is 1.28 bits per heavy atom. The highest BCUT2D eigenvalue weighted by molar-refractivity contribution is 5.99. The van der Waals surface area contributed by atoms with Gasteiger partial charge in [-0.15, -0.1) is 0 Å². The van der Waals surface area contributed by atoms with Gasteiger partial charge in [-0.3, -0.25) is 9.78 Å². The van der Waals surface area contributed by atoms with E-state index in [0.717, 1.165) is 17.8 Å². The van der Waals surface area contributed by atoms with Crippen molar-refractivity contribution in [2.75, 3.05) is 0 Å². The fraction of sp³-hybridized carbons (Fsp3) is 0.143. The average Bonchev–Trinajstić information content (AvgIpc) is 2.39. The van der Waals surface area contributed by atoms with Gasteiger partial charge < -0.3 is 5.73 Å². The van der Waals surface area contributed by atoms with Crippen LogP contribution in [0, 0.1) is 5.82 Å². The predicted octanol–water partition coefficient (Wildman–Crippen LogP) is 1.97. The first kappa shape index (κ1) is 12.4. The van der Waals surface area contributed by atoms with E-state index in [2.05, 4.69) is 4.98 Å². The first-order chi connectivity index (χ1) is 8.66. The van der Waals surface area contributed by atoms with Crippen molar-refractivity contribution in [1.82, 2.24) is 4.98 Å². The smallest absolute Gasteiger partial charge is 0.181 e. The lowest BCUT2D eigenvalue weighted by Gasteiger charge is -2.10. The molecule has 3 nitrogen and oxygen atoms in total. The molecule has 4 heteroatoms. The number of halogens is 1. The van der Waals surface area contributed by atoms with E-state index in [1.54, 1.807) is 0 Å². The van der Waals surface area contributed by atoms with E-state index in [4.69, 9.17) is 5.73 Å². The average molecular weight is 244 g/mol. The summed E-state index contributed by atoms with van der Waals surface area (Å²) in [4.78, 5) is 15.6. The first-order valence-corrected chi connectivity index (χ1v) is 5.61. The molecule has 0 saturated carbocycles. The van der Waals surface area contributed by atoms with Gasteiger partial charge in [-0.25, -0.2) is 4.39 Å². The Bertz CT molecular complexity index is 543. The standard InChI is InChI=1S/C14H13FN2O/c15-12-7-11(8-17-9-12)14(18)13(16)6-10-4-2-1-3-5-10/h1-5,7-9,13H,6,16H2. The molecule has 0 aliphatic heterocycles. The quantitative estimate of drug-likeness (QED) is 0.836. The summed E-state index contributed by atoms with van der Waals surface area (Å²) >= 11 is 0. The number of benzene rings is 1. The largest absolute Gasteiger partial charge is 0.321 e. The number of rotatable bonds is 4. The molecule has 18 heavy (non-hydrogen) atoms. The summed E-state index contributed by atoms with van der Waals surface area (Å²) in [5, 5.41) is 0. The Morgan fingerprint density at radius 3 is 2.67 bits per heavy atom. The highest BCUT2D eigenvalue weighted by Crippen LogP contribution is 2.08. The summed E-state index contributed by atoms with van der Waals surface area (Å²) in [6, 6.07) is 9.93. The van der Waals surface area contributed by atoms with E-state index < -0.39 is 11.9 Å². The molecule has 1 aromatic heterocycles. The Balaban J connectivity index is 2.10. The Labute approximate surface area is 104 Å². The van der Waals surface area contributed by atoms with Crippen molar-refractivity contribution in [3.05, 3.63) is 65.7 Å². The molecule has 0 amide bonds. The van der Waals surface area contributed by atoms with Gasteiger partial charge in [-0.1, -0.05) is 30.3 Å². The molecule has 0 aliphatic rings. The van der Waals surface area contributed by atoms with Gasteiger partial charge in [0.15, 0.2) is 5.78 Å². The molecule has 0 fully saturated rings. The lowest BCUT2D eigenvalue weighted by Crippen LogP contribution is -2.32. The van der Waals surface area contributed by atoms with E-state index in [-0.39, 0.29) is 11.3 Å². The fourth-order valence-corrected chi connectivity index (χ4v) is 1.72. The highest BCUT2D eigenvalue weighted by atomic mass is 19.1. The molecule has 2 N–H and O–H groups in total. The van der Waals surface area contributed by atoms with Crippen LogP contribution in [-0.2, 0) is 6.42 Å². The second kappa shape index (κ2) is 5.51. The molecule has 1 atom stereocenters. The number of pyridine rings is 1. The third-order valence-electron chi connectivity index (χ3n) is 2.62. The van der Waals surface area contributed by atoms with Gasteiger partial charge in [0.05, 0.1) is 12.2 Å². The summed E-state index contributed by atoms with van der Waals surface area (Å²) < 4.78 is 13.0.